The molecule has 3 unspecified atom stereocenters. The first-order chi connectivity index (χ1) is 9.65. The third-order valence-electron chi connectivity index (χ3n) is 4.65. The summed E-state index contributed by atoms with van der Waals surface area (Å²) in [6.45, 7) is 2.31. The minimum absolute atomic E-state index is 0.0122. The summed E-state index contributed by atoms with van der Waals surface area (Å²) in [5.74, 6) is 1.77. The Balaban J connectivity index is 1.51. The molecule has 0 saturated heterocycles. The number of anilines is 1. The average molecular weight is 293 g/mol. The first kappa shape index (κ1) is 13.9. The van der Waals surface area contributed by atoms with Gasteiger partial charge >= 0.3 is 0 Å². The van der Waals surface area contributed by atoms with E-state index in [-0.39, 0.29) is 5.91 Å². The number of benzene rings is 1. The van der Waals surface area contributed by atoms with E-state index in [0.29, 0.717) is 17.6 Å². The maximum absolute atomic E-state index is 12.0. The van der Waals surface area contributed by atoms with Crippen molar-refractivity contribution in [3.63, 3.8) is 0 Å². The molecule has 0 spiro atoms. The molecule has 0 heterocycles. The number of hydrogen-bond acceptors (Lipinski definition) is 2. The Labute approximate surface area is 125 Å². The number of amides is 1. The van der Waals surface area contributed by atoms with Gasteiger partial charge in [0.1, 0.15) is 0 Å². The molecule has 108 valence electrons. The molecule has 2 N–H and O–H groups in total. The average Bonchev–Trinajstić information content (AvgIpc) is 3.21. The summed E-state index contributed by atoms with van der Waals surface area (Å²) in [6.07, 6.45) is 5.25. The van der Waals surface area contributed by atoms with Gasteiger partial charge in [-0.3, -0.25) is 4.79 Å². The molecule has 3 nitrogen and oxygen atoms in total. The lowest BCUT2D eigenvalue weighted by atomic mass is 9.95. The van der Waals surface area contributed by atoms with Gasteiger partial charge in [0.2, 0.25) is 5.91 Å². The molecule has 1 aromatic carbocycles. The van der Waals surface area contributed by atoms with E-state index >= 15 is 0 Å². The number of carbonyl (C=O) groups is 1. The molecule has 0 radical (unpaired) electrons. The highest BCUT2D eigenvalue weighted by Gasteiger charge is 2.44. The van der Waals surface area contributed by atoms with Gasteiger partial charge in [-0.05, 0) is 49.3 Å². The van der Waals surface area contributed by atoms with Crippen LogP contribution in [0.2, 0.25) is 5.02 Å². The topological polar surface area (TPSA) is 41.1 Å². The lowest BCUT2D eigenvalue weighted by Crippen LogP contribution is -2.39. The van der Waals surface area contributed by atoms with Gasteiger partial charge in [0, 0.05) is 16.8 Å². The Morgan fingerprint density at radius 3 is 3.10 bits per heavy atom. The molecule has 1 amide bonds. The van der Waals surface area contributed by atoms with Crippen LogP contribution in [0.4, 0.5) is 5.69 Å². The molecule has 2 aliphatic rings. The van der Waals surface area contributed by atoms with Crippen molar-refractivity contribution < 1.29 is 4.79 Å². The molecule has 0 aliphatic heterocycles. The van der Waals surface area contributed by atoms with Crippen molar-refractivity contribution >= 4 is 23.2 Å². The van der Waals surface area contributed by atoms with Gasteiger partial charge < -0.3 is 10.6 Å². The molecule has 2 fully saturated rings. The highest BCUT2D eigenvalue weighted by atomic mass is 35.5. The normalized spacial score (nSPS) is 27.8. The summed E-state index contributed by atoms with van der Waals surface area (Å²) >= 11 is 6.05. The fraction of sp³-hybridized carbons (Fsp3) is 0.562. The summed E-state index contributed by atoms with van der Waals surface area (Å²) in [5.41, 5.74) is 1.72. The van der Waals surface area contributed by atoms with Crippen LogP contribution in [0.25, 0.3) is 0 Å². The predicted octanol–water partition coefficient (Wildman–Crippen LogP) is 3.37. The van der Waals surface area contributed by atoms with Gasteiger partial charge in [-0.2, -0.15) is 0 Å². The standard InChI is InChI=1S/C16H21ClN2O/c1-10-13(17)5-3-6-14(10)19-16(20)9-18-15-7-2-4-11-8-12(11)15/h3,5-6,11-12,15,18H,2,4,7-9H2,1H3,(H,19,20). The van der Waals surface area contributed by atoms with Gasteiger partial charge in [0.05, 0.1) is 6.54 Å². The van der Waals surface area contributed by atoms with Crippen molar-refractivity contribution in [3.8, 4) is 0 Å². The number of fused-ring (bicyclic) bond motifs is 1. The predicted molar refractivity (Wildman–Crippen MR) is 82.1 cm³/mol. The van der Waals surface area contributed by atoms with E-state index in [2.05, 4.69) is 10.6 Å². The summed E-state index contributed by atoms with van der Waals surface area (Å²) in [4.78, 5) is 12.0. The van der Waals surface area contributed by atoms with Crippen molar-refractivity contribution in [1.82, 2.24) is 5.32 Å². The van der Waals surface area contributed by atoms with E-state index in [1.807, 2.05) is 25.1 Å². The van der Waals surface area contributed by atoms with Crippen LogP contribution in [0.15, 0.2) is 18.2 Å². The van der Waals surface area contributed by atoms with Crippen LogP contribution in [0.3, 0.4) is 0 Å². The van der Waals surface area contributed by atoms with E-state index in [9.17, 15) is 4.79 Å². The van der Waals surface area contributed by atoms with E-state index in [4.69, 9.17) is 11.6 Å². The molecule has 0 bridgehead atoms. The van der Waals surface area contributed by atoms with Crippen molar-refractivity contribution in [1.29, 1.82) is 0 Å². The van der Waals surface area contributed by atoms with E-state index in [1.165, 1.54) is 25.7 Å². The molecule has 2 aliphatic carbocycles. The fourth-order valence-electron chi connectivity index (χ4n) is 3.32. The Morgan fingerprint density at radius 1 is 1.40 bits per heavy atom. The van der Waals surface area contributed by atoms with Gasteiger partial charge in [-0.1, -0.05) is 30.5 Å². The van der Waals surface area contributed by atoms with Gasteiger partial charge in [0.15, 0.2) is 0 Å². The summed E-state index contributed by atoms with van der Waals surface area (Å²) in [6, 6.07) is 6.12. The minimum atomic E-state index is 0.0122. The molecule has 1 aromatic rings. The smallest absolute Gasteiger partial charge is 0.238 e. The fourth-order valence-corrected chi connectivity index (χ4v) is 3.50. The maximum atomic E-state index is 12.0. The molecule has 2 saturated carbocycles. The largest absolute Gasteiger partial charge is 0.325 e. The first-order valence-electron chi connectivity index (χ1n) is 7.43. The lowest BCUT2D eigenvalue weighted by molar-refractivity contribution is -0.115. The Kier molecular flexibility index (Phi) is 3.99. The summed E-state index contributed by atoms with van der Waals surface area (Å²) in [5, 5.41) is 7.04. The van der Waals surface area contributed by atoms with Crippen molar-refractivity contribution in [2.24, 2.45) is 11.8 Å². The number of halogens is 1. The monoisotopic (exact) mass is 292 g/mol. The van der Waals surface area contributed by atoms with Crippen LogP contribution in [0, 0.1) is 18.8 Å². The second-order valence-corrected chi connectivity index (χ2v) is 6.45. The number of carbonyl (C=O) groups excluding carboxylic acids is 1. The second kappa shape index (κ2) is 5.74. The Bertz CT molecular complexity index is 517. The van der Waals surface area contributed by atoms with Gasteiger partial charge in [-0.15, -0.1) is 0 Å². The Hall–Kier alpha value is -1.06. The number of rotatable bonds is 4. The van der Waals surface area contributed by atoms with Crippen molar-refractivity contribution in [2.75, 3.05) is 11.9 Å². The van der Waals surface area contributed by atoms with Crippen LogP contribution >= 0.6 is 11.6 Å². The molecular formula is C16H21ClN2O. The van der Waals surface area contributed by atoms with Crippen molar-refractivity contribution in [3.05, 3.63) is 28.8 Å². The van der Waals surface area contributed by atoms with E-state index < -0.39 is 0 Å². The molecular weight excluding hydrogens is 272 g/mol. The van der Waals surface area contributed by atoms with Gasteiger partial charge in [0.25, 0.3) is 0 Å². The lowest BCUT2D eigenvalue weighted by Gasteiger charge is -2.22. The summed E-state index contributed by atoms with van der Waals surface area (Å²) in [7, 11) is 0. The molecule has 3 atom stereocenters. The highest BCUT2D eigenvalue weighted by Crippen LogP contribution is 2.49. The van der Waals surface area contributed by atoms with Crippen LogP contribution in [0.5, 0.6) is 0 Å². The van der Waals surface area contributed by atoms with Crippen molar-refractivity contribution in [2.45, 2.75) is 38.6 Å². The van der Waals surface area contributed by atoms with Crippen LogP contribution in [0.1, 0.15) is 31.2 Å². The van der Waals surface area contributed by atoms with E-state index in [1.54, 1.807) is 0 Å². The number of nitrogens with one attached hydrogen (secondary N) is 2. The van der Waals surface area contributed by atoms with Crippen LogP contribution < -0.4 is 10.6 Å². The first-order valence-corrected chi connectivity index (χ1v) is 7.81. The zero-order chi connectivity index (χ0) is 14.1. The Morgan fingerprint density at radius 2 is 2.25 bits per heavy atom. The zero-order valence-corrected chi connectivity index (χ0v) is 12.5. The second-order valence-electron chi connectivity index (χ2n) is 6.04. The number of hydrogen-bond donors (Lipinski definition) is 2. The third kappa shape index (κ3) is 2.99. The quantitative estimate of drug-likeness (QED) is 0.893. The maximum Gasteiger partial charge on any atom is 0.238 e. The summed E-state index contributed by atoms with van der Waals surface area (Å²) < 4.78 is 0. The van der Waals surface area contributed by atoms with E-state index in [0.717, 1.165) is 23.1 Å². The zero-order valence-electron chi connectivity index (χ0n) is 11.8. The molecule has 20 heavy (non-hydrogen) atoms. The molecule has 4 heteroatoms. The van der Waals surface area contributed by atoms with Gasteiger partial charge in [-0.25, -0.2) is 0 Å². The highest BCUT2D eigenvalue weighted by molar-refractivity contribution is 6.31. The molecule has 0 aromatic heterocycles. The SMILES string of the molecule is Cc1c(Cl)cccc1NC(=O)CNC1CCCC2CC21. The van der Waals surface area contributed by atoms with Crippen LogP contribution in [-0.2, 0) is 4.79 Å². The third-order valence-corrected chi connectivity index (χ3v) is 5.06. The molecule has 3 rings (SSSR count). The van der Waals surface area contributed by atoms with Crippen LogP contribution in [-0.4, -0.2) is 18.5 Å². The minimum Gasteiger partial charge on any atom is -0.325 e.